The Morgan fingerprint density at radius 1 is 0.927 bits per heavy atom. The van der Waals surface area contributed by atoms with Crippen molar-refractivity contribution in [1.29, 1.82) is 0 Å². The fourth-order valence-electron chi connectivity index (χ4n) is 6.99. The van der Waals surface area contributed by atoms with E-state index in [1.54, 1.807) is 4.68 Å². The van der Waals surface area contributed by atoms with Gasteiger partial charge in [0.2, 0.25) is 11.1 Å². The Kier molecular flexibility index (Phi) is 11.6. The van der Waals surface area contributed by atoms with Gasteiger partial charge in [-0.05, 0) is 63.2 Å². The molecule has 15 heteroatoms. The molecule has 0 aliphatic carbocycles. The smallest absolute Gasteiger partial charge is 0.392 e. The predicted molar refractivity (Wildman–Crippen MR) is 197 cm³/mol. The molecule has 0 bridgehead atoms. The summed E-state index contributed by atoms with van der Waals surface area (Å²) in [6.45, 7) is 1.98. The Morgan fingerprint density at radius 2 is 1.64 bits per heavy atom. The minimum Gasteiger partial charge on any atom is -0.392 e. The van der Waals surface area contributed by atoms with Gasteiger partial charge in [0.15, 0.2) is 6.29 Å². The van der Waals surface area contributed by atoms with E-state index in [0.29, 0.717) is 22.2 Å². The van der Waals surface area contributed by atoms with E-state index < -0.39 is 30.3 Å². The first-order chi connectivity index (χ1) is 26.6. The van der Waals surface area contributed by atoms with E-state index in [1.807, 2.05) is 103 Å². The SMILES string of the molecule is C[C@H]1[C@@H](CSc2nnnn2-c2ccccc2)O[C@@H](c2ccc(-c3ccccc3CNC(=O)[C@@H]3CCCN3C(=O)C(F)(F)F)cc2)O[C@H]1c1ccc(CO)cc1. The quantitative estimate of drug-likeness (QED) is 0.143. The Morgan fingerprint density at radius 3 is 2.36 bits per heavy atom. The average Bonchev–Trinajstić information content (AvgIpc) is 3.90. The van der Waals surface area contributed by atoms with Crippen LogP contribution in [0.3, 0.4) is 0 Å². The van der Waals surface area contributed by atoms with Gasteiger partial charge in [0.25, 0.3) is 0 Å². The third-order valence-electron chi connectivity index (χ3n) is 9.96. The number of carbonyl (C=O) groups is 2. The summed E-state index contributed by atoms with van der Waals surface area (Å²) in [5.41, 5.74) is 5.83. The van der Waals surface area contributed by atoms with Gasteiger partial charge in [-0.15, -0.1) is 5.10 Å². The summed E-state index contributed by atoms with van der Waals surface area (Å²) >= 11 is 1.49. The van der Waals surface area contributed by atoms with E-state index in [4.69, 9.17) is 9.47 Å². The summed E-state index contributed by atoms with van der Waals surface area (Å²) in [4.78, 5) is 25.5. The summed E-state index contributed by atoms with van der Waals surface area (Å²) in [6, 6.07) is 31.3. The van der Waals surface area contributed by atoms with Crippen molar-refractivity contribution in [1.82, 2.24) is 30.4 Å². The number of hydrogen-bond donors (Lipinski definition) is 2. The second kappa shape index (κ2) is 16.7. The Bertz CT molecular complexity index is 2080. The lowest BCUT2D eigenvalue weighted by Gasteiger charge is -2.41. The van der Waals surface area contributed by atoms with Crippen molar-refractivity contribution in [2.45, 2.75) is 68.8 Å². The number of rotatable bonds is 11. The maximum atomic E-state index is 13.1. The fraction of sp³-hybridized carbons (Fsp3) is 0.325. The van der Waals surface area contributed by atoms with Gasteiger partial charge >= 0.3 is 12.1 Å². The van der Waals surface area contributed by atoms with Crippen molar-refractivity contribution >= 4 is 23.6 Å². The lowest BCUT2D eigenvalue weighted by atomic mass is 9.91. The summed E-state index contributed by atoms with van der Waals surface area (Å²) in [6.07, 6.45) is -5.86. The van der Waals surface area contributed by atoms with E-state index in [2.05, 4.69) is 27.8 Å². The van der Waals surface area contributed by atoms with Crippen molar-refractivity contribution in [2.24, 2.45) is 5.92 Å². The molecule has 0 unspecified atom stereocenters. The number of likely N-dealkylation sites (tertiary alicyclic amines) is 1. The Balaban J connectivity index is 1.08. The van der Waals surface area contributed by atoms with Crippen molar-refractivity contribution in [3.63, 3.8) is 0 Å². The fourth-order valence-corrected chi connectivity index (χ4v) is 8.04. The highest BCUT2D eigenvalue weighted by Gasteiger charge is 2.47. The van der Waals surface area contributed by atoms with E-state index in [9.17, 15) is 27.9 Å². The average molecular weight is 773 g/mol. The van der Waals surface area contributed by atoms with Crippen LogP contribution in [-0.4, -0.2) is 72.6 Å². The van der Waals surface area contributed by atoms with Crippen molar-refractivity contribution in [2.75, 3.05) is 12.3 Å². The molecule has 0 radical (unpaired) electrons. The number of alkyl halides is 3. The van der Waals surface area contributed by atoms with Gasteiger partial charge in [-0.3, -0.25) is 9.59 Å². The lowest BCUT2D eigenvalue weighted by molar-refractivity contribution is -0.268. The number of nitrogens with one attached hydrogen (secondary N) is 1. The van der Waals surface area contributed by atoms with E-state index in [-0.39, 0.29) is 44.2 Å². The van der Waals surface area contributed by atoms with Crippen LogP contribution in [0.1, 0.15) is 54.4 Å². The molecule has 3 heterocycles. The van der Waals surface area contributed by atoms with Crippen LogP contribution in [0.4, 0.5) is 13.2 Å². The van der Waals surface area contributed by atoms with E-state index in [0.717, 1.165) is 39.1 Å². The zero-order valence-electron chi connectivity index (χ0n) is 29.8. The van der Waals surface area contributed by atoms with Crippen LogP contribution < -0.4 is 5.32 Å². The second-order valence-corrected chi connectivity index (χ2v) is 14.5. The van der Waals surface area contributed by atoms with Crippen LogP contribution in [0.2, 0.25) is 0 Å². The maximum absolute atomic E-state index is 13.1. The zero-order chi connectivity index (χ0) is 38.5. The zero-order valence-corrected chi connectivity index (χ0v) is 30.6. The summed E-state index contributed by atoms with van der Waals surface area (Å²) in [7, 11) is 0. The molecule has 2 aliphatic heterocycles. The van der Waals surface area contributed by atoms with Gasteiger partial charge in [-0.2, -0.15) is 17.9 Å². The highest BCUT2D eigenvalue weighted by Crippen LogP contribution is 2.43. The molecule has 1 aromatic heterocycles. The van der Waals surface area contributed by atoms with Gasteiger partial charge in [0.1, 0.15) is 6.04 Å². The topological polar surface area (TPSA) is 132 Å². The number of benzene rings is 4. The van der Waals surface area contributed by atoms with Gasteiger partial charge < -0.3 is 24.8 Å². The number of para-hydroxylation sites is 1. The molecule has 2 saturated heterocycles. The molecular formula is C40H39F3N6O5S. The summed E-state index contributed by atoms with van der Waals surface area (Å²) in [5.74, 6) is -2.13. The molecule has 55 heavy (non-hydrogen) atoms. The number of carbonyl (C=O) groups excluding carboxylic acids is 2. The van der Waals surface area contributed by atoms with E-state index >= 15 is 0 Å². The minimum atomic E-state index is -5.04. The largest absolute Gasteiger partial charge is 0.471 e. The van der Waals surface area contributed by atoms with E-state index in [1.165, 1.54) is 11.8 Å². The number of hydrogen-bond acceptors (Lipinski definition) is 9. The molecule has 2 amide bonds. The van der Waals surface area contributed by atoms with Gasteiger partial charge in [0, 0.05) is 30.3 Å². The third-order valence-corrected chi connectivity index (χ3v) is 11.0. The van der Waals surface area contributed by atoms with Crippen molar-refractivity contribution in [3.05, 3.63) is 125 Å². The minimum absolute atomic E-state index is 0.0611. The maximum Gasteiger partial charge on any atom is 0.471 e. The first-order valence-electron chi connectivity index (χ1n) is 17.9. The normalized spacial score (nSPS) is 21.4. The monoisotopic (exact) mass is 772 g/mol. The number of halogens is 3. The molecule has 2 aliphatic rings. The summed E-state index contributed by atoms with van der Waals surface area (Å²) in [5, 5.41) is 25.3. The van der Waals surface area contributed by atoms with Crippen LogP contribution in [0.15, 0.2) is 108 Å². The highest BCUT2D eigenvalue weighted by atomic mass is 32.2. The third kappa shape index (κ3) is 8.59. The van der Waals surface area contributed by atoms with Gasteiger partial charge in [0.05, 0.1) is 24.5 Å². The predicted octanol–water partition coefficient (Wildman–Crippen LogP) is 6.57. The number of thioether (sulfide) groups is 1. The molecule has 7 rings (SSSR count). The molecule has 5 aromatic rings. The second-order valence-electron chi connectivity index (χ2n) is 13.5. The Hall–Kier alpha value is -5.09. The van der Waals surface area contributed by atoms with Crippen LogP contribution in [0.5, 0.6) is 0 Å². The number of aliphatic hydroxyl groups excluding tert-OH is 1. The number of aliphatic hydroxyl groups is 1. The van der Waals surface area contributed by atoms with Crippen LogP contribution in [-0.2, 0) is 32.2 Å². The molecule has 4 aromatic carbocycles. The molecule has 5 atom stereocenters. The molecule has 0 saturated carbocycles. The van der Waals surface area contributed by atoms with Crippen LogP contribution in [0, 0.1) is 5.92 Å². The molecule has 2 N–H and O–H groups in total. The highest BCUT2D eigenvalue weighted by molar-refractivity contribution is 7.99. The molecule has 0 spiro atoms. The number of amides is 2. The molecule has 2 fully saturated rings. The number of tetrazole rings is 1. The molecular weight excluding hydrogens is 734 g/mol. The number of aromatic nitrogens is 4. The van der Waals surface area contributed by atoms with Gasteiger partial charge in [-0.1, -0.05) is 110 Å². The van der Waals surface area contributed by atoms with Crippen molar-refractivity contribution in [3.8, 4) is 16.8 Å². The van der Waals surface area contributed by atoms with Crippen LogP contribution in [0.25, 0.3) is 16.8 Å². The number of ether oxygens (including phenoxy) is 2. The van der Waals surface area contributed by atoms with Crippen LogP contribution >= 0.6 is 11.8 Å². The number of nitrogens with zero attached hydrogens (tertiary/aromatic N) is 5. The Labute approximate surface area is 319 Å². The molecule has 286 valence electrons. The molecule has 11 nitrogen and oxygen atoms in total. The standard InChI is InChI=1S/C40H39F3N6O5S/c1-25-34(24-55-39-45-46-47-49(39)31-9-3-2-4-10-31)53-37(54-35(25)28-15-13-26(23-50)14-16-28)29-19-17-27(18-20-29)32-11-6-5-8-30(32)22-44-36(51)33-12-7-21-48(33)38(52)40(41,42)43/h2-6,8-11,13-20,25,33-35,37,50H,7,12,21-24H2,1H3,(H,44,51)/t25-,33-,34+,35+,37+/m0/s1. The first kappa shape index (κ1) is 38.2. The summed E-state index contributed by atoms with van der Waals surface area (Å²) < 4.78 is 54.4. The van der Waals surface area contributed by atoms with Crippen molar-refractivity contribution < 1.29 is 37.3 Å². The lowest BCUT2D eigenvalue weighted by Crippen LogP contribution is -2.50. The first-order valence-corrected chi connectivity index (χ1v) is 18.9. The van der Waals surface area contributed by atoms with Gasteiger partial charge in [-0.25, -0.2) is 0 Å².